The molecule has 1 N–H and O–H groups in total. The molecule has 1 amide bonds. The van der Waals surface area contributed by atoms with Gasteiger partial charge in [0.2, 0.25) is 0 Å². The number of carbonyl (C=O) groups is 2. The highest BCUT2D eigenvalue weighted by Crippen LogP contribution is 2.27. The van der Waals surface area contributed by atoms with Gasteiger partial charge in [-0.25, -0.2) is 4.79 Å². The number of halogens is 1. The first-order valence-electron chi connectivity index (χ1n) is 7.59. The van der Waals surface area contributed by atoms with E-state index in [1.165, 1.54) is 36.4 Å². The van der Waals surface area contributed by atoms with Crippen LogP contribution in [0.5, 0.6) is 0 Å². The Kier molecular flexibility index (Phi) is 6.77. The first-order valence-corrected chi connectivity index (χ1v) is 7.97. The minimum Gasteiger partial charge on any atom is -0.452 e. The Morgan fingerprint density at radius 2 is 1.86 bits per heavy atom. The van der Waals surface area contributed by atoms with Gasteiger partial charge in [0.05, 0.1) is 9.85 Å². The lowest BCUT2D eigenvalue weighted by molar-refractivity contribution is -0.384. The average molecular weight is 406 g/mol. The standard InChI is InChI=1S/C17H12ClN3O7/c18-12-5-6-14(15(9-12)21(26)27)19-16(22)10-28-17(23)7-4-11-2-1-3-13(8-11)20(24)25/h1-9H,10H2,(H,19,22)/b7-4+. The maximum absolute atomic E-state index is 11.8. The molecule has 2 aromatic carbocycles. The number of carbonyl (C=O) groups excluding carboxylic acids is 2. The lowest BCUT2D eigenvalue weighted by Crippen LogP contribution is -2.20. The molecular weight excluding hydrogens is 394 g/mol. The predicted molar refractivity (Wildman–Crippen MR) is 99.8 cm³/mol. The molecule has 10 nitrogen and oxygen atoms in total. The highest BCUT2D eigenvalue weighted by atomic mass is 35.5. The molecule has 0 atom stereocenters. The van der Waals surface area contributed by atoms with Crippen LogP contribution in [0.2, 0.25) is 5.02 Å². The summed E-state index contributed by atoms with van der Waals surface area (Å²) >= 11 is 5.68. The van der Waals surface area contributed by atoms with Crippen LogP contribution in [0.1, 0.15) is 5.56 Å². The summed E-state index contributed by atoms with van der Waals surface area (Å²) in [6.07, 6.45) is 2.29. The van der Waals surface area contributed by atoms with Gasteiger partial charge in [0, 0.05) is 29.3 Å². The summed E-state index contributed by atoms with van der Waals surface area (Å²) in [5, 5.41) is 24.0. The number of nitro benzene ring substituents is 2. The van der Waals surface area contributed by atoms with Crippen molar-refractivity contribution in [2.24, 2.45) is 0 Å². The van der Waals surface area contributed by atoms with E-state index in [0.717, 1.165) is 12.1 Å². The molecule has 0 fully saturated rings. The molecule has 0 aliphatic carbocycles. The molecule has 0 radical (unpaired) electrons. The zero-order chi connectivity index (χ0) is 20.7. The molecule has 2 aromatic rings. The third-order valence-corrected chi connectivity index (χ3v) is 3.50. The number of non-ortho nitro benzene ring substituents is 1. The maximum Gasteiger partial charge on any atom is 0.331 e. The first kappa shape index (κ1) is 20.5. The van der Waals surface area contributed by atoms with Crippen molar-refractivity contribution in [1.82, 2.24) is 0 Å². The van der Waals surface area contributed by atoms with Gasteiger partial charge in [-0.1, -0.05) is 23.7 Å². The second kappa shape index (κ2) is 9.24. The summed E-state index contributed by atoms with van der Waals surface area (Å²) in [6.45, 7) is -0.683. The highest BCUT2D eigenvalue weighted by Gasteiger charge is 2.17. The first-order chi connectivity index (χ1) is 13.3. The van der Waals surface area contributed by atoms with Gasteiger partial charge in [-0.15, -0.1) is 0 Å². The van der Waals surface area contributed by atoms with E-state index in [4.69, 9.17) is 16.3 Å². The van der Waals surface area contributed by atoms with Gasteiger partial charge in [0.15, 0.2) is 6.61 Å². The molecule has 0 heterocycles. The Morgan fingerprint density at radius 3 is 2.54 bits per heavy atom. The number of rotatable bonds is 7. The third kappa shape index (κ3) is 5.88. The number of nitrogens with one attached hydrogen (secondary N) is 1. The summed E-state index contributed by atoms with van der Waals surface area (Å²) in [7, 11) is 0. The van der Waals surface area contributed by atoms with Crippen molar-refractivity contribution >= 4 is 46.6 Å². The second-order valence-corrected chi connectivity index (χ2v) is 5.70. The fraction of sp³-hybridized carbons (Fsp3) is 0.0588. The molecule has 144 valence electrons. The molecule has 0 bridgehead atoms. The molecule has 0 aromatic heterocycles. The quantitative estimate of drug-likeness (QED) is 0.322. The molecule has 2 rings (SSSR count). The number of esters is 1. The number of hydrogen-bond acceptors (Lipinski definition) is 7. The van der Waals surface area contributed by atoms with Crippen LogP contribution in [-0.2, 0) is 14.3 Å². The van der Waals surface area contributed by atoms with Gasteiger partial charge >= 0.3 is 5.97 Å². The van der Waals surface area contributed by atoms with Crippen LogP contribution in [0.15, 0.2) is 48.5 Å². The van der Waals surface area contributed by atoms with Crippen molar-refractivity contribution in [2.45, 2.75) is 0 Å². The molecule has 0 unspecified atom stereocenters. The molecule has 0 saturated carbocycles. The maximum atomic E-state index is 11.8. The zero-order valence-electron chi connectivity index (χ0n) is 14.0. The normalized spacial score (nSPS) is 10.5. The van der Waals surface area contributed by atoms with Gasteiger partial charge < -0.3 is 10.1 Å². The Bertz CT molecular complexity index is 975. The molecule has 28 heavy (non-hydrogen) atoms. The van der Waals surface area contributed by atoms with Crippen molar-refractivity contribution in [1.29, 1.82) is 0 Å². The Morgan fingerprint density at radius 1 is 1.11 bits per heavy atom. The number of hydrogen-bond donors (Lipinski definition) is 1. The summed E-state index contributed by atoms with van der Waals surface area (Å²) < 4.78 is 4.73. The molecule has 0 spiro atoms. The molecule has 0 aliphatic heterocycles. The summed E-state index contributed by atoms with van der Waals surface area (Å²) in [5.74, 6) is -1.66. The summed E-state index contributed by atoms with van der Waals surface area (Å²) in [6, 6.07) is 9.25. The van der Waals surface area contributed by atoms with Gasteiger partial charge in [-0.05, 0) is 23.8 Å². The average Bonchev–Trinajstić information content (AvgIpc) is 2.66. The minimum atomic E-state index is -0.868. The van der Waals surface area contributed by atoms with E-state index in [1.807, 2.05) is 0 Å². The Labute approximate surface area is 162 Å². The van der Waals surface area contributed by atoms with Crippen LogP contribution in [-0.4, -0.2) is 28.3 Å². The van der Waals surface area contributed by atoms with Crippen LogP contribution < -0.4 is 5.32 Å². The monoisotopic (exact) mass is 405 g/mol. The number of nitro groups is 2. The lowest BCUT2D eigenvalue weighted by atomic mass is 10.2. The fourth-order valence-corrected chi connectivity index (χ4v) is 2.21. The Hall–Kier alpha value is -3.79. The molecule has 11 heteroatoms. The van der Waals surface area contributed by atoms with E-state index in [-0.39, 0.29) is 16.4 Å². The van der Waals surface area contributed by atoms with E-state index < -0.39 is 34.0 Å². The smallest absolute Gasteiger partial charge is 0.331 e. The number of anilines is 1. The highest BCUT2D eigenvalue weighted by molar-refractivity contribution is 6.31. The second-order valence-electron chi connectivity index (χ2n) is 5.26. The molecule has 0 aliphatic rings. The van der Waals surface area contributed by atoms with E-state index in [2.05, 4.69) is 5.32 Å². The summed E-state index contributed by atoms with van der Waals surface area (Å²) in [5.41, 5.74) is -0.243. The third-order valence-electron chi connectivity index (χ3n) is 3.27. The van der Waals surface area contributed by atoms with Crippen LogP contribution in [0.4, 0.5) is 17.1 Å². The molecular formula is C17H12ClN3O7. The number of amides is 1. The van der Waals surface area contributed by atoms with Crippen LogP contribution in [0.25, 0.3) is 6.08 Å². The van der Waals surface area contributed by atoms with Gasteiger partial charge in [0.1, 0.15) is 5.69 Å². The van der Waals surface area contributed by atoms with E-state index >= 15 is 0 Å². The van der Waals surface area contributed by atoms with Crippen molar-refractivity contribution in [3.8, 4) is 0 Å². The minimum absolute atomic E-state index is 0.0948. The van der Waals surface area contributed by atoms with E-state index in [0.29, 0.717) is 5.56 Å². The Balaban J connectivity index is 1.92. The molecule has 0 saturated heterocycles. The van der Waals surface area contributed by atoms with Crippen LogP contribution in [0, 0.1) is 20.2 Å². The predicted octanol–water partition coefficient (Wildman–Crippen LogP) is 3.35. The largest absolute Gasteiger partial charge is 0.452 e. The van der Waals surface area contributed by atoms with Gasteiger partial charge in [-0.3, -0.25) is 25.0 Å². The number of nitrogens with zero attached hydrogens (tertiary/aromatic N) is 2. The number of ether oxygens (including phenoxy) is 1. The van der Waals surface area contributed by atoms with Gasteiger partial charge in [0.25, 0.3) is 17.3 Å². The topological polar surface area (TPSA) is 142 Å². The lowest BCUT2D eigenvalue weighted by Gasteiger charge is -2.06. The van der Waals surface area contributed by atoms with Crippen LogP contribution >= 0.6 is 11.6 Å². The SMILES string of the molecule is O=C(COC(=O)/C=C/c1cccc([N+](=O)[O-])c1)Nc1ccc(Cl)cc1[N+](=O)[O-]. The van der Waals surface area contributed by atoms with Crippen molar-refractivity contribution in [2.75, 3.05) is 11.9 Å². The summed E-state index contributed by atoms with van der Waals surface area (Å²) in [4.78, 5) is 43.9. The van der Waals surface area contributed by atoms with Crippen molar-refractivity contribution in [3.05, 3.63) is 79.4 Å². The fourth-order valence-electron chi connectivity index (χ4n) is 2.04. The van der Waals surface area contributed by atoms with Crippen molar-refractivity contribution in [3.63, 3.8) is 0 Å². The van der Waals surface area contributed by atoms with Crippen molar-refractivity contribution < 1.29 is 24.2 Å². The zero-order valence-corrected chi connectivity index (χ0v) is 14.8. The number of benzene rings is 2. The van der Waals surface area contributed by atoms with E-state index in [1.54, 1.807) is 6.07 Å². The van der Waals surface area contributed by atoms with Crippen LogP contribution in [0.3, 0.4) is 0 Å². The van der Waals surface area contributed by atoms with E-state index in [9.17, 15) is 29.8 Å². The van der Waals surface area contributed by atoms with Gasteiger partial charge in [-0.2, -0.15) is 0 Å².